The maximum absolute atomic E-state index is 6.09. The molecule has 1 aliphatic rings. The first-order valence-corrected chi connectivity index (χ1v) is 8.00. The van der Waals surface area contributed by atoms with E-state index in [1.165, 1.54) is 24.1 Å². The standard InChI is InChI=1S/C17H28N4/c1-4-14-7-6-8-15(5-2)16(14)20-17(18)19-11-13-9-10-21(3)12-13/h6-8,13H,4-5,9-12H2,1-3H3,(H3,18,19,20). The van der Waals surface area contributed by atoms with Gasteiger partial charge in [-0.25, -0.2) is 0 Å². The molecule has 1 atom stereocenters. The van der Waals surface area contributed by atoms with E-state index >= 15 is 0 Å². The minimum absolute atomic E-state index is 0.542. The van der Waals surface area contributed by atoms with Gasteiger partial charge in [0, 0.05) is 18.8 Å². The topological polar surface area (TPSA) is 53.6 Å². The van der Waals surface area contributed by atoms with Crippen LogP contribution in [0.2, 0.25) is 0 Å². The van der Waals surface area contributed by atoms with Crippen LogP contribution in [-0.2, 0) is 12.8 Å². The molecule has 2 rings (SSSR count). The Balaban J connectivity index is 2.03. The summed E-state index contributed by atoms with van der Waals surface area (Å²) in [4.78, 5) is 6.90. The number of nitrogens with zero attached hydrogens (tertiary/aromatic N) is 2. The van der Waals surface area contributed by atoms with Crippen LogP contribution in [0.1, 0.15) is 31.4 Å². The van der Waals surface area contributed by atoms with Crippen molar-refractivity contribution < 1.29 is 0 Å². The Hall–Kier alpha value is -1.55. The third-order valence-corrected chi connectivity index (χ3v) is 4.26. The van der Waals surface area contributed by atoms with Gasteiger partial charge in [-0.2, -0.15) is 0 Å². The number of rotatable bonds is 5. The Kier molecular flexibility index (Phi) is 5.62. The van der Waals surface area contributed by atoms with Crippen LogP contribution in [-0.4, -0.2) is 37.5 Å². The molecule has 4 heteroatoms. The molecule has 0 bridgehead atoms. The van der Waals surface area contributed by atoms with Crippen LogP contribution in [0, 0.1) is 5.92 Å². The molecule has 1 saturated heterocycles. The lowest BCUT2D eigenvalue weighted by atomic mass is 10.0. The van der Waals surface area contributed by atoms with Crippen molar-refractivity contribution in [3.05, 3.63) is 29.3 Å². The van der Waals surface area contributed by atoms with Gasteiger partial charge in [-0.3, -0.25) is 4.99 Å². The van der Waals surface area contributed by atoms with Crippen molar-refractivity contribution in [2.75, 3.05) is 32.0 Å². The van der Waals surface area contributed by atoms with Gasteiger partial charge in [-0.1, -0.05) is 32.0 Å². The van der Waals surface area contributed by atoms with Crippen molar-refractivity contribution in [3.8, 4) is 0 Å². The first-order valence-electron chi connectivity index (χ1n) is 8.00. The Morgan fingerprint density at radius 2 is 2.00 bits per heavy atom. The highest BCUT2D eigenvalue weighted by Crippen LogP contribution is 2.22. The maximum Gasteiger partial charge on any atom is 0.193 e. The molecular formula is C17H28N4. The van der Waals surface area contributed by atoms with Gasteiger partial charge in [0.15, 0.2) is 5.96 Å². The minimum Gasteiger partial charge on any atom is -0.370 e. The zero-order chi connectivity index (χ0) is 15.2. The van der Waals surface area contributed by atoms with E-state index in [0.717, 1.165) is 31.6 Å². The van der Waals surface area contributed by atoms with Gasteiger partial charge >= 0.3 is 0 Å². The van der Waals surface area contributed by atoms with E-state index in [9.17, 15) is 0 Å². The number of hydrogen-bond acceptors (Lipinski definition) is 2. The van der Waals surface area contributed by atoms with E-state index in [-0.39, 0.29) is 0 Å². The summed E-state index contributed by atoms with van der Waals surface area (Å²) in [5.74, 6) is 1.18. The van der Waals surface area contributed by atoms with Crippen LogP contribution in [0.25, 0.3) is 0 Å². The van der Waals surface area contributed by atoms with Gasteiger partial charge < -0.3 is 16.0 Å². The monoisotopic (exact) mass is 288 g/mol. The van der Waals surface area contributed by atoms with Crippen LogP contribution in [0.4, 0.5) is 5.69 Å². The van der Waals surface area contributed by atoms with Gasteiger partial charge in [0.1, 0.15) is 0 Å². The van der Waals surface area contributed by atoms with E-state index in [0.29, 0.717) is 11.9 Å². The van der Waals surface area contributed by atoms with Crippen molar-refractivity contribution >= 4 is 11.6 Å². The fourth-order valence-corrected chi connectivity index (χ4v) is 2.97. The highest BCUT2D eigenvalue weighted by molar-refractivity contribution is 5.93. The molecule has 3 N–H and O–H groups in total. The number of aliphatic imine (C=N–C) groups is 1. The van der Waals surface area contributed by atoms with E-state index < -0.39 is 0 Å². The molecule has 116 valence electrons. The van der Waals surface area contributed by atoms with Crippen molar-refractivity contribution in [2.24, 2.45) is 16.6 Å². The summed E-state index contributed by atoms with van der Waals surface area (Å²) in [7, 11) is 2.16. The van der Waals surface area contributed by atoms with E-state index in [1.807, 2.05) is 0 Å². The second kappa shape index (κ2) is 7.46. The van der Waals surface area contributed by atoms with Gasteiger partial charge in [0.05, 0.1) is 0 Å². The molecule has 0 spiro atoms. The smallest absolute Gasteiger partial charge is 0.193 e. The van der Waals surface area contributed by atoms with Gasteiger partial charge in [0.2, 0.25) is 0 Å². The first-order chi connectivity index (χ1) is 10.1. The maximum atomic E-state index is 6.09. The molecule has 1 unspecified atom stereocenters. The highest BCUT2D eigenvalue weighted by atomic mass is 15.1. The summed E-state index contributed by atoms with van der Waals surface area (Å²) in [6.07, 6.45) is 3.22. The third-order valence-electron chi connectivity index (χ3n) is 4.26. The van der Waals surface area contributed by atoms with E-state index in [1.54, 1.807) is 0 Å². The Bertz CT molecular complexity index is 473. The Morgan fingerprint density at radius 3 is 2.52 bits per heavy atom. The van der Waals surface area contributed by atoms with Gasteiger partial charge in [0.25, 0.3) is 0 Å². The number of aryl methyl sites for hydroxylation is 2. The average Bonchev–Trinajstić information content (AvgIpc) is 2.91. The summed E-state index contributed by atoms with van der Waals surface area (Å²) in [6, 6.07) is 6.42. The lowest BCUT2D eigenvalue weighted by Crippen LogP contribution is -2.25. The predicted octanol–water partition coefficient (Wildman–Crippen LogP) is 2.49. The molecule has 4 nitrogen and oxygen atoms in total. The predicted molar refractivity (Wildman–Crippen MR) is 90.9 cm³/mol. The minimum atomic E-state index is 0.542. The molecule has 0 amide bonds. The molecule has 1 aliphatic heterocycles. The lowest BCUT2D eigenvalue weighted by molar-refractivity contribution is 0.397. The van der Waals surface area contributed by atoms with E-state index in [2.05, 4.69) is 54.3 Å². The second-order valence-electron chi connectivity index (χ2n) is 5.93. The van der Waals surface area contributed by atoms with Crippen LogP contribution in [0.5, 0.6) is 0 Å². The van der Waals surface area contributed by atoms with Crippen LogP contribution >= 0.6 is 0 Å². The highest BCUT2D eigenvalue weighted by Gasteiger charge is 2.18. The molecule has 0 aromatic heterocycles. The summed E-state index contributed by atoms with van der Waals surface area (Å²) in [5.41, 5.74) is 9.83. The zero-order valence-corrected chi connectivity index (χ0v) is 13.5. The molecule has 0 radical (unpaired) electrons. The molecule has 21 heavy (non-hydrogen) atoms. The number of hydrogen-bond donors (Lipinski definition) is 2. The lowest BCUT2D eigenvalue weighted by Gasteiger charge is -2.15. The van der Waals surface area contributed by atoms with Crippen molar-refractivity contribution in [1.82, 2.24) is 4.90 Å². The normalized spacial score (nSPS) is 20.0. The first kappa shape index (κ1) is 15.8. The van der Waals surface area contributed by atoms with Gasteiger partial charge in [-0.05, 0) is 49.9 Å². The number of likely N-dealkylation sites (tertiary alicyclic amines) is 1. The van der Waals surface area contributed by atoms with E-state index in [4.69, 9.17) is 5.73 Å². The molecule has 0 aliphatic carbocycles. The molecule has 1 fully saturated rings. The van der Waals surface area contributed by atoms with Crippen LogP contribution in [0.3, 0.4) is 0 Å². The summed E-state index contributed by atoms with van der Waals surface area (Å²) in [5, 5.41) is 3.33. The summed E-state index contributed by atoms with van der Waals surface area (Å²) in [6.45, 7) is 7.46. The molecule has 1 heterocycles. The number of nitrogens with one attached hydrogen (secondary N) is 1. The number of anilines is 1. The van der Waals surface area contributed by atoms with Crippen molar-refractivity contribution in [3.63, 3.8) is 0 Å². The van der Waals surface area contributed by atoms with Crippen molar-refractivity contribution in [2.45, 2.75) is 33.1 Å². The van der Waals surface area contributed by atoms with Gasteiger partial charge in [-0.15, -0.1) is 0 Å². The number of benzene rings is 1. The number of guanidine groups is 1. The molecule has 0 saturated carbocycles. The molecule has 1 aromatic carbocycles. The Morgan fingerprint density at radius 1 is 1.33 bits per heavy atom. The van der Waals surface area contributed by atoms with Crippen LogP contribution < -0.4 is 11.1 Å². The van der Waals surface area contributed by atoms with Crippen molar-refractivity contribution in [1.29, 1.82) is 0 Å². The SMILES string of the molecule is CCc1cccc(CC)c1NC(N)=NCC1CCN(C)C1. The van der Waals surface area contributed by atoms with Crippen LogP contribution in [0.15, 0.2) is 23.2 Å². The summed E-state index contributed by atoms with van der Waals surface area (Å²) < 4.78 is 0. The fourth-order valence-electron chi connectivity index (χ4n) is 2.97. The second-order valence-corrected chi connectivity index (χ2v) is 5.93. The third kappa shape index (κ3) is 4.21. The zero-order valence-electron chi connectivity index (χ0n) is 13.5. The average molecular weight is 288 g/mol. The number of nitrogens with two attached hydrogens (primary N) is 1. The number of para-hydroxylation sites is 1. The Labute approximate surface area is 128 Å². The molecule has 1 aromatic rings. The largest absolute Gasteiger partial charge is 0.370 e. The molecular weight excluding hydrogens is 260 g/mol. The fraction of sp³-hybridized carbons (Fsp3) is 0.588. The summed E-state index contributed by atoms with van der Waals surface area (Å²) >= 11 is 0. The quantitative estimate of drug-likeness (QED) is 0.646.